The van der Waals surface area contributed by atoms with Crippen LogP contribution in [0.2, 0.25) is 0 Å². The SMILES string of the molecule is Cc1ccc(-n2c3ccccc3c3cc4c(C)c(C)c5cc6c7ccccc7n(-c7ccc(C)cc7)c6cc5c4cc32)cc1. The highest BCUT2D eigenvalue weighted by Gasteiger charge is 2.19. The Hall–Kier alpha value is -5.34. The van der Waals surface area contributed by atoms with Gasteiger partial charge in [0.1, 0.15) is 0 Å². The highest BCUT2D eigenvalue weighted by Crippen LogP contribution is 2.42. The maximum atomic E-state index is 2.45. The molecule has 0 saturated carbocycles. The summed E-state index contributed by atoms with van der Waals surface area (Å²) in [5.41, 5.74) is 12.6. The Bertz CT molecular complexity index is 2430. The van der Waals surface area contributed by atoms with Crippen molar-refractivity contribution in [1.82, 2.24) is 9.13 Å². The molecule has 0 bridgehead atoms. The lowest BCUT2D eigenvalue weighted by atomic mass is 9.91. The number of hydrogen-bond donors (Lipinski definition) is 0. The number of aryl methyl sites for hydroxylation is 4. The molecular weight excluding hydrogens is 532 g/mol. The van der Waals surface area contributed by atoms with Gasteiger partial charge in [0.2, 0.25) is 0 Å². The van der Waals surface area contributed by atoms with Crippen LogP contribution in [0.5, 0.6) is 0 Å². The van der Waals surface area contributed by atoms with Gasteiger partial charge in [-0.25, -0.2) is 0 Å². The van der Waals surface area contributed by atoms with Crippen molar-refractivity contribution < 1.29 is 0 Å². The highest BCUT2D eigenvalue weighted by atomic mass is 15.0. The molecule has 0 saturated heterocycles. The van der Waals surface area contributed by atoms with Crippen molar-refractivity contribution in [2.24, 2.45) is 0 Å². The van der Waals surface area contributed by atoms with Crippen molar-refractivity contribution in [2.45, 2.75) is 27.7 Å². The molecule has 210 valence electrons. The van der Waals surface area contributed by atoms with E-state index in [0.29, 0.717) is 0 Å². The molecular formula is C42H32N2. The molecule has 2 heteroatoms. The number of hydrogen-bond acceptors (Lipinski definition) is 0. The van der Waals surface area contributed by atoms with Crippen LogP contribution in [0, 0.1) is 27.7 Å². The van der Waals surface area contributed by atoms with Crippen molar-refractivity contribution in [1.29, 1.82) is 0 Å². The minimum Gasteiger partial charge on any atom is -0.309 e. The first-order valence-electron chi connectivity index (χ1n) is 15.4. The summed E-state index contributed by atoms with van der Waals surface area (Å²) in [4.78, 5) is 0. The van der Waals surface area contributed by atoms with Crippen LogP contribution in [-0.2, 0) is 0 Å². The molecule has 0 radical (unpaired) electrons. The van der Waals surface area contributed by atoms with E-state index in [1.54, 1.807) is 0 Å². The zero-order valence-corrected chi connectivity index (χ0v) is 25.4. The largest absolute Gasteiger partial charge is 0.309 e. The standard InChI is InChI=1S/C42H32N2/c1-25-13-17-29(18-14-25)43-39-11-7-5-9-31(39)37-21-33-27(3)28(4)34-22-38-32-10-6-8-12-40(32)44(30-19-15-26(2)16-20-30)42(38)24-36(34)35(33)23-41(37)43/h5-24H,1-4H3. The lowest BCUT2D eigenvalue weighted by molar-refractivity contribution is 1.17. The molecule has 2 nitrogen and oxygen atoms in total. The molecule has 0 aliphatic carbocycles. The number of fused-ring (bicyclic) bond motifs is 9. The van der Waals surface area contributed by atoms with Gasteiger partial charge in [0.15, 0.2) is 0 Å². The number of aromatic nitrogens is 2. The fraction of sp³-hybridized carbons (Fsp3) is 0.0952. The Balaban J connectivity index is 1.46. The maximum absolute atomic E-state index is 2.45. The zero-order valence-electron chi connectivity index (χ0n) is 25.4. The van der Waals surface area contributed by atoms with Gasteiger partial charge in [0.25, 0.3) is 0 Å². The van der Waals surface area contributed by atoms with Gasteiger partial charge in [-0.1, -0.05) is 71.8 Å². The molecule has 0 aliphatic rings. The summed E-state index contributed by atoms with van der Waals surface area (Å²) in [7, 11) is 0. The maximum Gasteiger partial charge on any atom is 0.0547 e. The van der Waals surface area contributed by atoms with Crippen molar-refractivity contribution >= 4 is 65.2 Å². The average molecular weight is 565 g/mol. The van der Waals surface area contributed by atoms with Gasteiger partial charge in [-0.05, 0) is 121 Å². The third-order valence-electron chi connectivity index (χ3n) is 9.87. The van der Waals surface area contributed by atoms with Crippen LogP contribution in [0.1, 0.15) is 22.3 Å². The van der Waals surface area contributed by atoms with E-state index >= 15 is 0 Å². The lowest BCUT2D eigenvalue weighted by Crippen LogP contribution is -1.96. The predicted molar refractivity (Wildman–Crippen MR) is 189 cm³/mol. The predicted octanol–water partition coefficient (Wildman–Crippen LogP) is 11.4. The monoisotopic (exact) mass is 564 g/mol. The molecule has 2 aromatic heterocycles. The highest BCUT2D eigenvalue weighted by molar-refractivity contribution is 6.23. The Morgan fingerprint density at radius 1 is 0.318 bits per heavy atom. The minimum atomic E-state index is 1.19. The van der Waals surface area contributed by atoms with E-state index in [1.807, 2.05) is 0 Å². The fourth-order valence-electron chi connectivity index (χ4n) is 7.44. The molecule has 7 aromatic carbocycles. The van der Waals surface area contributed by atoms with Crippen LogP contribution < -0.4 is 0 Å². The van der Waals surface area contributed by atoms with Crippen molar-refractivity contribution in [3.63, 3.8) is 0 Å². The normalized spacial score (nSPS) is 12.1. The Morgan fingerprint density at radius 3 is 1.11 bits per heavy atom. The number of benzene rings is 7. The molecule has 2 heterocycles. The Kier molecular flexibility index (Phi) is 5.20. The topological polar surface area (TPSA) is 9.86 Å². The molecule has 0 unspecified atom stereocenters. The van der Waals surface area contributed by atoms with Crippen LogP contribution in [0.4, 0.5) is 0 Å². The second-order valence-corrected chi connectivity index (χ2v) is 12.5. The van der Waals surface area contributed by atoms with Gasteiger partial charge in [0.05, 0.1) is 22.1 Å². The van der Waals surface area contributed by atoms with Crippen molar-refractivity contribution in [2.75, 3.05) is 0 Å². The van der Waals surface area contributed by atoms with Crippen LogP contribution in [0.15, 0.2) is 121 Å². The van der Waals surface area contributed by atoms with Gasteiger partial charge in [-0.3, -0.25) is 0 Å². The van der Waals surface area contributed by atoms with Gasteiger partial charge < -0.3 is 9.13 Å². The van der Waals surface area contributed by atoms with Crippen LogP contribution in [-0.4, -0.2) is 9.13 Å². The first-order chi connectivity index (χ1) is 21.5. The van der Waals surface area contributed by atoms with Gasteiger partial charge in [0, 0.05) is 32.9 Å². The van der Waals surface area contributed by atoms with E-state index in [9.17, 15) is 0 Å². The smallest absolute Gasteiger partial charge is 0.0547 e. The van der Waals surface area contributed by atoms with Crippen LogP contribution in [0.25, 0.3) is 76.5 Å². The number of rotatable bonds is 2. The molecule has 9 rings (SSSR count). The molecule has 44 heavy (non-hydrogen) atoms. The second kappa shape index (κ2) is 9.08. The van der Waals surface area contributed by atoms with E-state index in [1.165, 1.54) is 98.8 Å². The summed E-state index contributed by atoms with van der Waals surface area (Å²) in [5, 5.41) is 10.4. The third-order valence-corrected chi connectivity index (χ3v) is 9.87. The molecule has 0 atom stereocenters. The summed E-state index contributed by atoms with van der Waals surface area (Å²) in [5.74, 6) is 0. The van der Waals surface area contributed by atoms with Crippen molar-refractivity contribution in [3.05, 3.63) is 144 Å². The third kappa shape index (κ3) is 3.43. The van der Waals surface area contributed by atoms with Crippen LogP contribution >= 0.6 is 0 Å². The molecule has 0 spiro atoms. The number of nitrogens with zero attached hydrogens (tertiary/aromatic N) is 2. The Labute approximate surface area is 256 Å². The van der Waals surface area contributed by atoms with E-state index in [-0.39, 0.29) is 0 Å². The first kappa shape index (κ1) is 25.2. The summed E-state index contributed by atoms with van der Waals surface area (Å²) >= 11 is 0. The van der Waals surface area contributed by atoms with Gasteiger partial charge in [-0.2, -0.15) is 0 Å². The quantitative estimate of drug-likeness (QED) is 0.185. The van der Waals surface area contributed by atoms with E-state index in [2.05, 4.69) is 158 Å². The average Bonchev–Trinajstić information content (AvgIpc) is 3.55. The number of para-hydroxylation sites is 2. The van der Waals surface area contributed by atoms with E-state index in [0.717, 1.165) is 0 Å². The van der Waals surface area contributed by atoms with E-state index < -0.39 is 0 Å². The van der Waals surface area contributed by atoms with Gasteiger partial charge in [-0.15, -0.1) is 0 Å². The molecule has 0 amide bonds. The molecule has 0 N–H and O–H groups in total. The van der Waals surface area contributed by atoms with Gasteiger partial charge >= 0.3 is 0 Å². The second-order valence-electron chi connectivity index (χ2n) is 12.5. The minimum absolute atomic E-state index is 1.19. The first-order valence-corrected chi connectivity index (χ1v) is 15.4. The van der Waals surface area contributed by atoms with Crippen molar-refractivity contribution in [3.8, 4) is 11.4 Å². The summed E-state index contributed by atoms with van der Waals surface area (Å²) in [6, 6.07) is 45.2. The summed E-state index contributed by atoms with van der Waals surface area (Å²) < 4.78 is 4.87. The summed E-state index contributed by atoms with van der Waals surface area (Å²) in [6.45, 7) is 8.89. The molecule has 9 aromatic rings. The van der Waals surface area contributed by atoms with Crippen LogP contribution in [0.3, 0.4) is 0 Å². The van der Waals surface area contributed by atoms with E-state index in [4.69, 9.17) is 0 Å². The molecule has 0 aliphatic heterocycles. The lowest BCUT2D eigenvalue weighted by Gasteiger charge is -2.15. The molecule has 0 fully saturated rings. The zero-order chi connectivity index (χ0) is 29.7. The fourth-order valence-corrected chi connectivity index (χ4v) is 7.44. The summed E-state index contributed by atoms with van der Waals surface area (Å²) in [6.07, 6.45) is 0. The Morgan fingerprint density at radius 2 is 0.705 bits per heavy atom.